The normalized spacial score (nSPS) is 11.6. The molecule has 0 aliphatic rings. The second-order valence-corrected chi connectivity index (χ2v) is 5.78. The van der Waals surface area contributed by atoms with Crippen molar-refractivity contribution in [3.8, 4) is 6.07 Å². The number of carboxylic acids is 1. The Balaban J connectivity index is 3.28. The second-order valence-electron chi connectivity index (χ2n) is 5.78. The maximum absolute atomic E-state index is 11.4. The highest BCUT2D eigenvalue weighted by molar-refractivity contribution is 5.77. The van der Waals surface area contributed by atoms with Crippen LogP contribution in [0.4, 0.5) is 11.4 Å². The minimum Gasteiger partial charge on any atom is -0.481 e. The van der Waals surface area contributed by atoms with Gasteiger partial charge in [0.05, 0.1) is 22.0 Å². The molecule has 21 heavy (non-hydrogen) atoms. The molecule has 2 N–H and O–H groups in total. The van der Waals surface area contributed by atoms with Crippen LogP contribution in [0.5, 0.6) is 0 Å². The maximum atomic E-state index is 11.4. The van der Waals surface area contributed by atoms with Crippen molar-refractivity contribution in [3.05, 3.63) is 33.9 Å². The molecule has 112 valence electrons. The fraction of sp³-hybridized carbons (Fsp3) is 0.429. The van der Waals surface area contributed by atoms with E-state index in [0.29, 0.717) is 0 Å². The highest BCUT2D eigenvalue weighted by Gasteiger charge is 2.44. The molecular weight excluding hydrogens is 274 g/mol. The van der Waals surface area contributed by atoms with Crippen LogP contribution >= 0.6 is 0 Å². The molecule has 0 amide bonds. The molecule has 0 spiro atoms. The quantitative estimate of drug-likeness (QED) is 0.636. The molecule has 0 aromatic heterocycles. The Bertz CT molecular complexity index is 630. The van der Waals surface area contributed by atoms with Gasteiger partial charge in [0.1, 0.15) is 5.69 Å². The van der Waals surface area contributed by atoms with Crippen LogP contribution in [-0.2, 0) is 4.79 Å². The van der Waals surface area contributed by atoms with E-state index in [2.05, 4.69) is 5.32 Å². The Kier molecular flexibility index (Phi) is 4.23. The highest BCUT2D eigenvalue weighted by atomic mass is 16.6. The van der Waals surface area contributed by atoms with Crippen LogP contribution in [0.2, 0.25) is 0 Å². The molecule has 1 aromatic carbocycles. The molecule has 1 aromatic rings. The van der Waals surface area contributed by atoms with Crippen LogP contribution in [0.3, 0.4) is 0 Å². The van der Waals surface area contributed by atoms with E-state index in [1.54, 1.807) is 13.8 Å². The lowest BCUT2D eigenvalue weighted by molar-refractivity contribution is -0.384. The van der Waals surface area contributed by atoms with Gasteiger partial charge in [-0.2, -0.15) is 5.26 Å². The molecule has 0 aliphatic carbocycles. The molecule has 0 bridgehead atoms. The summed E-state index contributed by atoms with van der Waals surface area (Å²) in [6, 6.07) is 5.85. The van der Waals surface area contributed by atoms with E-state index in [-0.39, 0.29) is 16.9 Å². The first-order chi connectivity index (χ1) is 9.52. The molecule has 0 heterocycles. The van der Waals surface area contributed by atoms with E-state index in [1.807, 2.05) is 6.07 Å². The molecular formula is C14H17N3O4. The van der Waals surface area contributed by atoms with Crippen LogP contribution < -0.4 is 5.32 Å². The minimum atomic E-state index is -1.16. The smallest absolute Gasteiger partial charge is 0.311 e. The Morgan fingerprint density at radius 2 is 1.95 bits per heavy atom. The van der Waals surface area contributed by atoms with Crippen molar-refractivity contribution in [1.29, 1.82) is 5.26 Å². The van der Waals surface area contributed by atoms with Crippen molar-refractivity contribution in [1.82, 2.24) is 0 Å². The Hall–Kier alpha value is -2.62. The maximum Gasteiger partial charge on any atom is 0.311 e. The fourth-order valence-corrected chi connectivity index (χ4v) is 1.62. The third kappa shape index (κ3) is 3.11. The van der Waals surface area contributed by atoms with Crippen LogP contribution in [0.15, 0.2) is 18.2 Å². The third-order valence-corrected chi connectivity index (χ3v) is 3.87. The highest BCUT2D eigenvalue weighted by Crippen LogP contribution is 2.36. The van der Waals surface area contributed by atoms with E-state index in [1.165, 1.54) is 26.0 Å². The van der Waals surface area contributed by atoms with Gasteiger partial charge in [-0.25, -0.2) is 0 Å². The van der Waals surface area contributed by atoms with Gasteiger partial charge >= 0.3 is 5.97 Å². The lowest BCUT2D eigenvalue weighted by atomic mass is 9.74. The predicted octanol–water partition coefficient (Wildman–Crippen LogP) is 2.77. The number of anilines is 1. The molecule has 0 radical (unpaired) electrons. The molecule has 0 fully saturated rings. The Morgan fingerprint density at radius 3 is 2.38 bits per heavy atom. The summed E-state index contributed by atoms with van der Waals surface area (Å²) in [5.41, 5.74) is -2.02. The monoisotopic (exact) mass is 291 g/mol. The zero-order chi connectivity index (χ0) is 16.4. The number of nitrogens with zero attached hydrogens (tertiary/aromatic N) is 2. The Morgan fingerprint density at radius 1 is 1.38 bits per heavy atom. The largest absolute Gasteiger partial charge is 0.481 e. The minimum absolute atomic E-state index is 0.169. The number of nitro benzene ring substituents is 1. The Labute approximate surface area is 122 Å². The standard InChI is InChI=1S/C14H17N3O4/c1-13(2,12(18)19)14(3,4)16-10-6-5-9(8-15)7-11(10)17(20)21/h5-7,16H,1-4H3,(H,18,19). The fourth-order valence-electron chi connectivity index (χ4n) is 1.62. The second kappa shape index (κ2) is 5.40. The first kappa shape index (κ1) is 16.4. The number of benzene rings is 1. The molecule has 0 unspecified atom stereocenters. The van der Waals surface area contributed by atoms with Crippen LogP contribution in [0.25, 0.3) is 0 Å². The van der Waals surface area contributed by atoms with Crippen molar-refractivity contribution >= 4 is 17.3 Å². The van der Waals surface area contributed by atoms with Gasteiger partial charge in [0.15, 0.2) is 0 Å². The van der Waals surface area contributed by atoms with Crippen LogP contribution in [0.1, 0.15) is 33.3 Å². The van der Waals surface area contributed by atoms with E-state index in [4.69, 9.17) is 5.26 Å². The number of hydrogen-bond donors (Lipinski definition) is 2. The summed E-state index contributed by atoms with van der Waals surface area (Å²) >= 11 is 0. The lowest BCUT2D eigenvalue weighted by Gasteiger charge is -2.39. The van der Waals surface area contributed by atoms with Gasteiger partial charge in [0.25, 0.3) is 5.69 Å². The number of nitrogens with one attached hydrogen (secondary N) is 1. The van der Waals surface area contributed by atoms with E-state index in [0.717, 1.165) is 6.07 Å². The summed E-state index contributed by atoms with van der Waals surface area (Å²) in [6.45, 7) is 6.39. The van der Waals surface area contributed by atoms with Crippen molar-refractivity contribution < 1.29 is 14.8 Å². The predicted molar refractivity (Wildman–Crippen MR) is 76.9 cm³/mol. The summed E-state index contributed by atoms with van der Waals surface area (Å²) in [4.78, 5) is 21.9. The lowest BCUT2D eigenvalue weighted by Crippen LogP contribution is -2.50. The molecule has 1 rings (SSSR count). The number of hydrogen-bond acceptors (Lipinski definition) is 5. The first-order valence-corrected chi connectivity index (χ1v) is 6.23. The zero-order valence-electron chi connectivity index (χ0n) is 12.3. The van der Waals surface area contributed by atoms with Crippen molar-refractivity contribution in [2.45, 2.75) is 33.2 Å². The molecule has 7 heteroatoms. The van der Waals surface area contributed by atoms with Crippen molar-refractivity contribution in [2.24, 2.45) is 5.41 Å². The third-order valence-electron chi connectivity index (χ3n) is 3.87. The average Bonchev–Trinajstić information content (AvgIpc) is 2.38. The number of carbonyl (C=O) groups is 1. The zero-order valence-corrected chi connectivity index (χ0v) is 12.3. The van der Waals surface area contributed by atoms with Gasteiger partial charge in [-0.15, -0.1) is 0 Å². The number of nitriles is 1. The van der Waals surface area contributed by atoms with E-state index < -0.39 is 21.8 Å². The summed E-state index contributed by atoms with van der Waals surface area (Å²) < 4.78 is 0. The van der Waals surface area contributed by atoms with Gasteiger partial charge < -0.3 is 10.4 Å². The van der Waals surface area contributed by atoms with Crippen LogP contribution in [0, 0.1) is 26.9 Å². The molecule has 7 nitrogen and oxygen atoms in total. The van der Waals surface area contributed by atoms with E-state index >= 15 is 0 Å². The molecule has 0 saturated heterocycles. The number of aliphatic carboxylic acids is 1. The van der Waals surface area contributed by atoms with E-state index in [9.17, 15) is 20.0 Å². The molecule has 0 saturated carbocycles. The first-order valence-electron chi connectivity index (χ1n) is 6.23. The van der Waals surface area contributed by atoms with Crippen molar-refractivity contribution in [2.75, 3.05) is 5.32 Å². The number of carboxylic acid groups (broad SMARTS) is 1. The summed E-state index contributed by atoms with van der Waals surface area (Å²) in [7, 11) is 0. The van der Waals surface area contributed by atoms with Crippen LogP contribution in [-0.4, -0.2) is 21.5 Å². The topological polar surface area (TPSA) is 116 Å². The molecule has 0 aliphatic heterocycles. The van der Waals surface area contributed by atoms with Gasteiger partial charge in [0, 0.05) is 11.6 Å². The van der Waals surface area contributed by atoms with Gasteiger partial charge in [-0.05, 0) is 39.8 Å². The molecule has 0 atom stereocenters. The number of rotatable bonds is 5. The SMILES string of the molecule is CC(C)(Nc1ccc(C#N)cc1[N+](=O)[O-])C(C)(C)C(=O)O. The summed E-state index contributed by atoms with van der Waals surface area (Å²) in [6.07, 6.45) is 0. The summed E-state index contributed by atoms with van der Waals surface area (Å²) in [5.74, 6) is -1.02. The summed E-state index contributed by atoms with van der Waals surface area (Å²) in [5, 5.41) is 32.1. The average molecular weight is 291 g/mol. The number of nitro groups is 1. The van der Waals surface area contributed by atoms with Crippen molar-refractivity contribution in [3.63, 3.8) is 0 Å². The van der Waals surface area contributed by atoms with Gasteiger partial charge in [0.2, 0.25) is 0 Å². The van der Waals surface area contributed by atoms with Gasteiger partial charge in [-0.1, -0.05) is 0 Å². The van der Waals surface area contributed by atoms with Gasteiger partial charge in [-0.3, -0.25) is 14.9 Å².